The second kappa shape index (κ2) is 4.78. The third-order valence-electron chi connectivity index (χ3n) is 3.48. The highest BCUT2D eigenvalue weighted by Gasteiger charge is 2.23. The summed E-state index contributed by atoms with van der Waals surface area (Å²) in [5.41, 5.74) is 8.05. The number of carbonyl (C=O) groups is 1. The van der Waals surface area contributed by atoms with Gasteiger partial charge < -0.3 is 11.1 Å². The average Bonchev–Trinajstić information content (AvgIpc) is 2.67. The molecule has 3 nitrogen and oxygen atoms in total. The van der Waals surface area contributed by atoms with Gasteiger partial charge in [-0.15, -0.1) is 0 Å². The molecule has 1 amide bonds. The first-order valence-corrected chi connectivity index (χ1v) is 6.23. The van der Waals surface area contributed by atoms with Crippen molar-refractivity contribution in [3.05, 3.63) is 29.3 Å². The SMILES string of the molecule is Cc1ccc(N)c(C(=O)NC2CCC(C)C2)c1. The summed E-state index contributed by atoms with van der Waals surface area (Å²) in [5, 5.41) is 3.07. The van der Waals surface area contributed by atoms with Crippen LogP contribution < -0.4 is 11.1 Å². The van der Waals surface area contributed by atoms with Crippen molar-refractivity contribution in [3.63, 3.8) is 0 Å². The Hall–Kier alpha value is -1.51. The molecule has 1 aromatic carbocycles. The summed E-state index contributed by atoms with van der Waals surface area (Å²) in [6.07, 6.45) is 3.37. The third-order valence-corrected chi connectivity index (χ3v) is 3.48. The van der Waals surface area contributed by atoms with Gasteiger partial charge in [0.1, 0.15) is 0 Å². The molecule has 2 atom stereocenters. The van der Waals surface area contributed by atoms with Gasteiger partial charge in [0.15, 0.2) is 0 Å². The molecular formula is C14H20N2O. The molecule has 0 saturated heterocycles. The van der Waals surface area contributed by atoms with Gasteiger partial charge in [0.05, 0.1) is 5.56 Å². The van der Waals surface area contributed by atoms with Crippen LogP contribution in [0.25, 0.3) is 0 Å². The van der Waals surface area contributed by atoms with E-state index in [1.165, 1.54) is 6.42 Å². The van der Waals surface area contributed by atoms with Crippen molar-refractivity contribution in [1.29, 1.82) is 0 Å². The van der Waals surface area contributed by atoms with Crippen molar-refractivity contribution in [1.82, 2.24) is 5.32 Å². The van der Waals surface area contributed by atoms with E-state index in [4.69, 9.17) is 5.73 Å². The van der Waals surface area contributed by atoms with E-state index in [1.807, 2.05) is 19.1 Å². The number of anilines is 1. The fourth-order valence-corrected chi connectivity index (χ4v) is 2.47. The first-order chi connectivity index (χ1) is 8.06. The largest absolute Gasteiger partial charge is 0.398 e. The van der Waals surface area contributed by atoms with Gasteiger partial charge in [-0.2, -0.15) is 0 Å². The third kappa shape index (κ3) is 2.78. The molecule has 92 valence electrons. The minimum Gasteiger partial charge on any atom is -0.398 e. The van der Waals surface area contributed by atoms with E-state index >= 15 is 0 Å². The zero-order valence-electron chi connectivity index (χ0n) is 10.5. The van der Waals surface area contributed by atoms with Crippen molar-refractivity contribution < 1.29 is 4.79 Å². The molecule has 1 aliphatic rings. The van der Waals surface area contributed by atoms with Crippen LogP contribution in [-0.2, 0) is 0 Å². The Kier molecular flexibility index (Phi) is 3.36. The molecule has 3 N–H and O–H groups in total. The van der Waals surface area contributed by atoms with Crippen LogP contribution in [0.2, 0.25) is 0 Å². The van der Waals surface area contributed by atoms with E-state index in [9.17, 15) is 4.79 Å². The van der Waals surface area contributed by atoms with Crippen LogP contribution >= 0.6 is 0 Å². The van der Waals surface area contributed by atoms with Crippen molar-refractivity contribution >= 4 is 11.6 Å². The summed E-state index contributed by atoms with van der Waals surface area (Å²) in [5.74, 6) is 0.681. The fourth-order valence-electron chi connectivity index (χ4n) is 2.47. The molecule has 1 aromatic rings. The molecule has 2 rings (SSSR count). The molecule has 0 radical (unpaired) electrons. The number of rotatable bonds is 2. The number of aryl methyl sites for hydroxylation is 1. The van der Waals surface area contributed by atoms with Gasteiger partial charge in [-0.05, 0) is 44.2 Å². The van der Waals surface area contributed by atoms with Crippen molar-refractivity contribution in [2.75, 3.05) is 5.73 Å². The highest BCUT2D eigenvalue weighted by atomic mass is 16.1. The van der Waals surface area contributed by atoms with E-state index in [0.29, 0.717) is 17.3 Å². The lowest BCUT2D eigenvalue weighted by Crippen LogP contribution is -2.33. The lowest BCUT2D eigenvalue weighted by atomic mass is 10.1. The first kappa shape index (κ1) is 12.0. The lowest BCUT2D eigenvalue weighted by molar-refractivity contribution is 0.0938. The number of nitrogens with two attached hydrogens (primary N) is 1. The molecule has 0 bridgehead atoms. The molecule has 3 heteroatoms. The predicted molar refractivity (Wildman–Crippen MR) is 69.9 cm³/mol. The van der Waals surface area contributed by atoms with E-state index in [1.54, 1.807) is 6.07 Å². The van der Waals surface area contributed by atoms with Gasteiger partial charge in [-0.25, -0.2) is 0 Å². The molecular weight excluding hydrogens is 212 g/mol. The Morgan fingerprint density at radius 1 is 1.41 bits per heavy atom. The number of nitrogen functional groups attached to an aromatic ring is 1. The molecule has 0 aromatic heterocycles. The Balaban J connectivity index is 2.06. The number of amides is 1. The summed E-state index contributed by atoms with van der Waals surface area (Å²) in [7, 11) is 0. The molecule has 0 aliphatic heterocycles. The number of nitrogens with one attached hydrogen (secondary N) is 1. The molecule has 0 spiro atoms. The Bertz CT molecular complexity index is 428. The van der Waals surface area contributed by atoms with Crippen molar-refractivity contribution in [2.45, 2.75) is 39.2 Å². The van der Waals surface area contributed by atoms with Gasteiger partial charge in [0.25, 0.3) is 5.91 Å². The van der Waals surface area contributed by atoms with E-state index in [2.05, 4.69) is 12.2 Å². The molecule has 1 fully saturated rings. The van der Waals surface area contributed by atoms with Crippen LogP contribution in [0.4, 0.5) is 5.69 Å². The van der Waals surface area contributed by atoms with Crippen LogP contribution in [0, 0.1) is 12.8 Å². The van der Waals surface area contributed by atoms with Crippen molar-refractivity contribution in [3.8, 4) is 0 Å². The standard InChI is InChI=1S/C14H20N2O/c1-9-3-5-11(7-9)16-14(17)12-8-10(2)4-6-13(12)15/h4,6,8-9,11H,3,5,7,15H2,1-2H3,(H,16,17). The average molecular weight is 232 g/mol. The van der Waals surface area contributed by atoms with Crippen LogP contribution in [0.5, 0.6) is 0 Å². The smallest absolute Gasteiger partial charge is 0.253 e. The van der Waals surface area contributed by atoms with Crippen LogP contribution in [-0.4, -0.2) is 11.9 Å². The summed E-state index contributed by atoms with van der Waals surface area (Å²) in [6.45, 7) is 4.20. The first-order valence-electron chi connectivity index (χ1n) is 6.23. The summed E-state index contributed by atoms with van der Waals surface area (Å²) in [4.78, 5) is 12.1. The lowest BCUT2D eigenvalue weighted by Gasteiger charge is -2.14. The molecule has 0 heterocycles. The highest BCUT2D eigenvalue weighted by molar-refractivity contribution is 5.99. The molecule has 2 unspecified atom stereocenters. The second-order valence-electron chi connectivity index (χ2n) is 5.18. The van der Waals surface area contributed by atoms with Crippen LogP contribution in [0.15, 0.2) is 18.2 Å². The maximum Gasteiger partial charge on any atom is 0.253 e. The minimum atomic E-state index is -0.0368. The fraction of sp³-hybridized carbons (Fsp3) is 0.500. The normalized spacial score (nSPS) is 23.6. The molecule has 1 saturated carbocycles. The van der Waals surface area contributed by atoms with Gasteiger partial charge in [0, 0.05) is 11.7 Å². The highest BCUT2D eigenvalue weighted by Crippen LogP contribution is 2.25. The Labute approximate surface area is 102 Å². The number of hydrogen-bond donors (Lipinski definition) is 2. The summed E-state index contributed by atoms with van der Waals surface area (Å²) < 4.78 is 0. The molecule has 1 aliphatic carbocycles. The van der Waals surface area contributed by atoms with Crippen LogP contribution in [0.3, 0.4) is 0 Å². The van der Waals surface area contributed by atoms with Gasteiger partial charge in [-0.1, -0.05) is 18.6 Å². The maximum atomic E-state index is 12.1. The quantitative estimate of drug-likeness (QED) is 0.770. The topological polar surface area (TPSA) is 55.1 Å². The Morgan fingerprint density at radius 2 is 2.18 bits per heavy atom. The van der Waals surface area contributed by atoms with E-state index in [0.717, 1.165) is 24.3 Å². The monoisotopic (exact) mass is 232 g/mol. The number of carbonyl (C=O) groups excluding carboxylic acids is 1. The van der Waals surface area contributed by atoms with E-state index < -0.39 is 0 Å². The Morgan fingerprint density at radius 3 is 2.82 bits per heavy atom. The minimum absolute atomic E-state index is 0.0368. The van der Waals surface area contributed by atoms with Crippen molar-refractivity contribution in [2.24, 2.45) is 5.92 Å². The summed E-state index contributed by atoms with van der Waals surface area (Å²) >= 11 is 0. The number of hydrogen-bond acceptors (Lipinski definition) is 2. The van der Waals surface area contributed by atoms with Gasteiger partial charge in [0.2, 0.25) is 0 Å². The summed E-state index contributed by atoms with van der Waals surface area (Å²) in [6, 6.07) is 5.88. The maximum absolute atomic E-state index is 12.1. The molecule has 17 heavy (non-hydrogen) atoms. The number of benzene rings is 1. The van der Waals surface area contributed by atoms with Gasteiger partial charge >= 0.3 is 0 Å². The predicted octanol–water partition coefficient (Wildman–Crippen LogP) is 2.50. The zero-order chi connectivity index (χ0) is 12.4. The van der Waals surface area contributed by atoms with Crippen LogP contribution in [0.1, 0.15) is 42.1 Å². The van der Waals surface area contributed by atoms with E-state index in [-0.39, 0.29) is 5.91 Å². The van der Waals surface area contributed by atoms with Gasteiger partial charge in [-0.3, -0.25) is 4.79 Å². The zero-order valence-corrected chi connectivity index (χ0v) is 10.5. The second-order valence-corrected chi connectivity index (χ2v) is 5.18.